The molecule has 1 aliphatic rings. The third kappa shape index (κ3) is 5.02. The highest BCUT2D eigenvalue weighted by molar-refractivity contribution is 5.79. The van der Waals surface area contributed by atoms with Crippen molar-refractivity contribution in [2.45, 2.75) is 38.2 Å². The lowest BCUT2D eigenvalue weighted by Gasteiger charge is -2.42. The molecule has 0 aliphatic carbocycles. The maximum absolute atomic E-state index is 15.2. The molecule has 1 heterocycles. The lowest BCUT2D eigenvalue weighted by atomic mass is 9.87. The fourth-order valence-electron chi connectivity index (χ4n) is 3.27. The normalized spacial score (nSPS) is 27.5. The predicted octanol–water partition coefficient (Wildman–Crippen LogP) is 3.05. The van der Waals surface area contributed by atoms with Crippen LogP contribution in [0.5, 0.6) is 0 Å². The molecule has 0 amide bonds. The second-order valence-electron chi connectivity index (χ2n) is 6.98. The molecule has 3 rings (SSSR count). The molecule has 0 saturated carbocycles. The number of halogens is 1. The summed E-state index contributed by atoms with van der Waals surface area (Å²) in [5.41, 5.74) is 1.80. The van der Waals surface area contributed by atoms with Crippen molar-refractivity contribution >= 4 is 5.78 Å². The van der Waals surface area contributed by atoms with Crippen molar-refractivity contribution in [1.29, 1.82) is 0 Å². The Hall–Kier alpha value is -2.12. The van der Waals surface area contributed by atoms with E-state index in [1.54, 1.807) is 0 Å². The SMILES string of the molecule is CC(=O)[C@@H]1CO[C@H](COCc2ccccc2)[C@@H](OCc2ccccc2)[C@]1(O)F. The van der Waals surface area contributed by atoms with E-state index in [4.69, 9.17) is 14.2 Å². The first-order valence-corrected chi connectivity index (χ1v) is 9.29. The van der Waals surface area contributed by atoms with Crippen LogP contribution in [0.25, 0.3) is 0 Å². The second kappa shape index (κ2) is 9.39. The summed E-state index contributed by atoms with van der Waals surface area (Å²) in [6.45, 7) is 1.46. The molecule has 0 bridgehead atoms. The standard InChI is InChI=1S/C22H25FO5/c1-16(24)19-14-27-20(15-26-12-17-8-4-2-5-9-17)21(22(19,23)25)28-13-18-10-6-3-7-11-18/h2-11,19-21,25H,12-15H2,1H3/t19-,20+,21+,22-/m0/s1. The van der Waals surface area contributed by atoms with Gasteiger partial charge in [-0.1, -0.05) is 60.7 Å². The van der Waals surface area contributed by atoms with E-state index in [0.29, 0.717) is 6.61 Å². The summed E-state index contributed by atoms with van der Waals surface area (Å²) in [5.74, 6) is -4.61. The van der Waals surface area contributed by atoms with Crippen LogP contribution in [0.4, 0.5) is 4.39 Å². The molecule has 0 radical (unpaired) electrons. The molecule has 1 N–H and O–H groups in total. The summed E-state index contributed by atoms with van der Waals surface area (Å²) in [5, 5.41) is 10.5. The molecule has 1 fully saturated rings. The number of ether oxygens (including phenoxy) is 3. The highest BCUT2D eigenvalue weighted by atomic mass is 19.2. The fourth-order valence-corrected chi connectivity index (χ4v) is 3.27. The van der Waals surface area contributed by atoms with Gasteiger partial charge in [-0.2, -0.15) is 0 Å². The first-order chi connectivity index (χ1) is 13.5. The molecular formula is C22H25FO5. The van der Waals surface area contributed by atoms with Crippen molar-refractivity contribution < 1.29 is 28.5 Å². The van der Waals surface area contributed by atoms with Gasteiger partial charge in [-0.3, -0.25) is 4.79 Å². The van der Waals surface area contributed by atoms with Crippen LogP contribution in [0.15, 0.2) is 60.7 Å². The van der Waals surface area contributed by atoms with E-state index in [0.717, 1.165) is 11.1 Å². The van der Waals surface area contributed by atoms with E-state index >= 15 is 4.39 Å². The zero-order valence-electron chi connectivity index (χ0n) is 15.8. The molecular weight excluding hydrogens is 363 g/mol. The Labute approximate surface area is 164 Å². The number of hydrogen-bond donors (Lipinski definition) is 1. The molecule has 2 aromatic rings. The fraction of sp³-hybridized carbons (Fsp3) is 0.409. The van der Waals surface area contributed by atoms with Crippen LogP contribution in [0, 0.1) is 5.92 Å². The van der Waals surface area contributed by atoms with Crippen molar-refractivity contribution in [2.75, 3.05) is 13.2 Å². The van der Waals surface area contributed by atoms with Gasteiger partial charge in [0.15, 0.2) is 0 Å². The van der Waals surface area contributed by atoms with Gasteiger partial charge in [0.1, 0.15) is 23.9 Å². The van der Waals surface area contributed by atoms with Gasteiger partial charge in [0.05, 0.1) is 26.4 Å². The minimum Gasteiger partial charge on any atom is -0.374 e. The quantitative estimate of drug-likeness (QED) is 0.753. The number of hydrogen-bond acceptors (Lipinski definition) is 5. The van der Waals surface area contributed by atoms with E-state index in [1.807, 2.05) is 60.7 Å². The van der Waals surface area contributed by atoms with Crippen LogP contribution in [0.2, 0.25) is 0 Å². The Bertz CT molecular complexity index is 750. The van der Waals surface area contributed by atoms with E-state index in [2.05, 4.69) is 0 Å². The summed E-state index contributed by atoms with van der Waals surface area (Å²) < 4.78 is 32.2. The molecule has 1 saturated heterocycles. The van der Waals surface area contributed by atoms with Gasteiger partial charge >= 0.3 is 0 Å². The van der Waals surface area contributed by atoms with Gasteiger partial charge in [-0.15, -0.1) is 0 Å². The number of benzene rings is 2. The van der Waals surface area contributed by atoms with E-state index in [-0.39, 0.29) is 19.8 Å². The third-order valence-electron chi connectivity index (χ3n) is 4.86. The number of carbonyl (C=O) groups is 1. The number of Topliss-reactive ketones (excluding diaryl/α,β-unsaturated/α-hetero) is 1. The van der Waals surface area contributed by atoms with Gasteiger partial charge in [0.25, 0.3) is 0 Å². The zero-order chi connectivity index (χ0) is 20.0. The van der Waals surface area contributed by atoms with E-state index in [1.165, 1.54) is 6.92 Å². The maximum Gasteiger partial charge on any atom is 0.247 e. The van der Waals surface area contributed by atoms with Crippen LogP contribution in [0.1, 0.15) is 18.1 Å². The topological polar surface area (TPSA) is 65.0 Å². The van der Waals surface area contributed by atoms with Crippen LogP contribution in [-0.4, -0.2) is 42.2 Å². The van der Waals surface area contributed by atoms with Gasteiger partial charge < -0.3 is 19.3 Å². The molecule has 150 valence electrons. The van der Waals surface area contributed by atoms with Crippen molar-refractivity contribution in [3.05, 3.63) is 71.8 Å². The van der Waals surface area contributed by atoms with Crippen LogP contribution in [-0.2, 0) is 32.2 Å². The Morgan fingerprint density at radius 1 is 1.11 bits per heavy atom. The molecule has 0 spiro atoms. The molecule has 1 aliphatic heterocycles. The summed E-state index contributed by atoms with van der Waals surface area (Å²) >= 11 is 0. The summed E-state index contributed by atoms with van der Waals surface area (Å²) in [4.78, 5) is 11.8. The molecule has 6 heteroatoms. The second-order valence-corrected chi connectivity index (χ2v) is 6.98. The van der Waals surface area contributed by atoms with Gasteiger partial charge in [-0.25, -0.2) is 4.39 Å². The Balaban J connectivity index is 1.68. The zero-order valence-corrected chi connectivity index (χ0v) is 15.8. The Morgan fingerprint density at radius 2 is 1.68 bits per heavy atom. The van der Waals surface area contributed by atoms with Gasteiger partial charge in [-0.05, 0) is 18.1 Å². The maximum atomic E-state index is 15.2. The average molecular weight is 388 g/mol. The van der Waals surface area contributed by atoms with Gasteiger partial charge in [0, 0.05) is 0 Å². The average Bonchev–Trinajstić information content (AvgIpc) is 2.68. The van der Waals surface area contributed by atoms with E-state index in [9.17, 15) is 9.90 Å². The Morgan fingerprint density at radius 3 is 2.25 bits per heavy atom. The number of aliphatic hydroxyl groups is 1. The monoisotopic (exact) mass is 388 g/mol. The number of alkyl halides is 1. The molecule has 2 aromatic carbocycles. The molecule has 0 unspecified atom stereocenters. The number of carbonyl (C=O) groups excluding carboxylic acids is 1. The van der Waals surface area contributed by atoms with Crippen molar-refractivity contribution in [1.82, 2.24) is 0 Å². The minimum absolute atomic E-state index is 0.0329. The van der Waals surface area contributed by atoms with Gasteiger partial charge in [0.2, 0.25) is 5.85 Å². The lowest BCUT2D eigenvalue weighted by Crippen LogP contribution is -2.61. The molecule has 5 nitrogen and oxygen atoms in total. The van der Waals surface area contributed by atoms with Crippen molar-refractivity contribution in [3.63, 3.8) is 0 Å². The molecule has 28 heavy (non-hydrogen) atoms. The highest BCUT2D eigenvalue weighted by Crippen LogP contribution is 2.35. The summed E-state index contributed by atoms with van der Waals surface area (Å²) in [6.07, 6.45) is -2.18. The first-order valence-electron chi connectivity index (χ1n) is 9.29. The van der Waals surface area contributed by atoms with Crippen LogP contribution >= 0.6 is 0 Å². The lowest BCUT2D eigenvalue weighted by molar-refractivity contribution is -0.293. The predicted molar refractivity (Wildman–Crippen MR) is 101 cm³/mol. The van der Waals surface area contributed by atoms with E-state index < -0.39 is 29.8 Å². The number of ketones is 1. The Kier molecular flexibility index (Phi) is 6.91. The largest absolute Gasteiger partial charge is 0.374 e. The highest BCUT2D eigenvalue weighted by Gasteiger charge is 2.55. The first kappa shape index (κ1) is 20.6. The summed E-state index contributed by atoms with van der Waals surface area (Å²) in [7, 11) is 0. The number of rotatable bonds is 8. The molecule has 0 aromatic heterocycles. The third-order valence-corrected chi connectivity index (χ3v) is 4.86. The van der Waals surface area contributed by atoms with Crippen LogP contribution in [0.3, 0.4) is 0 Å². The van der Waals surface area contributed by atoms with Crippen LogP contribution < -0.4 is 0 Å². The molecule has 4 atom stereocenters. The van der Waals surface area contributed by atoms with Crippen molar-refractivity contribution in [3.8, 4) is 0 Å². The smallest absolute Gasteiger partial charge is 0.247 e. The summed E-state index contributed by atoms with van der Waals surface area (Å²) in [6, 6.07) is 18.8. The van der Waals surface area contributed by atoms with Crippen molar-refractivity contribution in [2.24, 2.45) is 5.92 Å². The minimum atomic E-state index is -2.83.